The predicted octanol–water partition coefficient (Wildman–Crippen LogP) is 3.36. The molecule has 0 unspecified atom stereocenters. The Kier molecular flexibility index (Phi) is 2.49. The van der Waals surface area contributed by atoms with Gasteiger partial charge in [0, 0.05) is 12.6 Å². The van der Waals surface area contributed by atoms with E-state index in [4.69, 9.17) is 0 Å². The van der Waals surface area contributed by atoms with E-state index in [0.717, 1.165) is 22.5 Å². The van der Waals surface area contributed by atoms with Crippen molar-refractivity contribution in [1.82, 2.24) is 0 Å². The van der Waals surface area contributed by atoms with Crippen LogP contribution in [0, 0.1) is 0 Å². The molecule has 0 N–H and O–H groups in total. The fraction of sp³-hybridized carbons (Fsp3) is 0.0625. The van der Waals surface area contributed by atoms with E-state index < -0.39 is 0 Å². The lowest BCUT2D eigenvalue weighted by atomic mass is 10.1. The molecule has 1 aliphatic rings. The van der Waals surface area contributed by atoms with E-state index in [1.807, 2.05) is 72.6 Å². The molecule has 18 heavy (non-hydrogen) atoms. The second-order valence-electron chi connectivity index (χ2n) is 4.35. The monoisotopic (exact) mass is 235 g/mol. The van der Waals surface area contributed by atoms with Crippen molar-refractivity contribution in [2.24, 2.45) is 0 Å². The summed E-state index contributed by atoms with van der Waals surface area (Å²) in [5.74, 6) is 0.0944. The molecule has 1 heterocycles. The van der Waals surface area contributed by atoms with Crippen molar-refractivity contribution in [1.29, 1.82) is 0 Å². The van der Waals surface area contributed by atoms with Gasteiger partial charge in [0.25, 0.3) is 0 Å². The Morgan fingerprint density at radius 3 is 2.33 bits per heavy atom. The van der Waals surface area contributed by atoms with E-state index in [1.165, 1.54) is 0 Å². The van der Waals surface area contributed by atoms with Gasteiger partial charge in [0.05, 0.1) is 11.4 Å². The van der Waals surface area contributed by atoms with Crippen molar-refractivity contribution in [3.63, 3.8) is 0 Å². The summed E-state index contributed by atoms with van der Waals surface area (Å²) in [5, 5.41) is 0. The second kappa shape index (κ2) is 4.15. The fourth-order valence-electron chi connectivity index (χ4n) is 2.25. The van der Waals surface area contributed by atoms with Gasteiger partial charge in [-0.25, -0.2) is 0 Å². The van der Waals surface area contributed by atoms with Gasteiger partial charge in [-0.15, -0.1) is 0 Å². The van der Waals surface area contributed by atoms with Crippen LogP contribution in [0.25, 0.3) is 6.08 Å². The number of hydrogen-bond acceptors (Lipinski definition) is 2. The molecule has 0 aliphatic carbocycles. The summed E-state index contributed by atoms with van der Waals surface area (Å²) in [6.07, 6.45) is 1.93. The summed E-state index contributed by atoms with van der Waals surface area (Å²) in [6.45, 7) is 0. The predicted molar refractivity (Wildman–Crippen MR) is 73.6 cm³/mol. The third-order valence-corrected chi connectivity index (χ3v) is 3.21. The van der Waals surface area contributed by atoms with Gasteiger partial charge in [-0.2, -0.15) is 0 Å². The number of allylic oxidation sites excluding steroid dienone is 1. The minimum absolute atomic E-state index is 0.0944. The van der Waals surface area contributed by atoms with Gasteiger partial charge in [0.2, 0.25) is 5.78 Å². The molecule has 0 fully saturated rings. The number of rotatable bonds is 1. The van der Waals surface area contributed by atoms with Crippen molar-refractivity contribution in [2.75, 3.05) is 11.9 Å². The average Bonchev–Trinajstić information content (AvgIpc) is 2.66. The van der Waals surface area contributed by atoms with Crippen LogP contribution >= 0.6 is 0 Å². The fourth-order valence-corrected chi connectivity index (χ4v) is 2.25. The number of likely N-dealkylation sites (N-methyl/N-ethyl adjacent to an activating group) is 1. The Morgan fingerprint density at radius 2 is 1.61 bits per heavy atom. The maximum absolute atomic E-state index is 12.3. The van der Waals surface area contributed by atoms with Gasteiger partial charge in [-0.05, 0) is 23.8 Å². The normalized spacial score (nSPS) is 16.2. The molecule has 1 aliphatic heterocycles. The quantitative estimate of drug-likeness (QED) is 0.706. The summed E-state index contributed by atoms with van der Waals surface area (Å²) in [7, 11) is 1.93. The van der Waals surface area contributed by atoms with Gasteiger partial charge in [0.1, 0.15) is 0 Å². The number of fused-ring (bicyclic) bond motifs is 1. The molecule has 2 aromatic carbocycles. The molecule has 0 radical (unpaired) electrons. The summed E-state index contributed by atoms with van der Waals surface area (Å²) in [6, 6.07) is 17.6. The maximum Gasteiger partial charge on any atom is 0.211 e. The van der Waals surface area contributed by atoms with Gasteiger partial charge in [0.15, 0.2) is 0 Å². The van der Waals surface area contributed by atoms with Crippen molar-refractivity contribution < 1.29 is 4.79 Å². The molecule has 88 valence electrons. The molecule has 0 atom stereocenters. The number of carbonyl (C=O) groups excluding carboxylic acids is 1. The molecule has 0 aromatic heterocycles. The van der Waals surface area contributed by atoms with Crippen LogP contribution in [0.15, 0.2) is 60.3 Å². The van der Waals surface area contributed by atoms with Crippen molar-refractivity contribution in [3.05, 3.63) is 71.4 Å². The standard InChI is InChI=1S/C16H13NO/c1-17-14-10-6-5-9-13(14)16(18)15(17)11-12-7-3-2-4-8-12/h2-11H,1H3. The topological polar surface area (TPSA) is 20.3 Å². The zero-order chi connectivity index (χ0) is 12.5. The first-order valence-corrected chi connectivity index (χ1v) is 5.91. The van der Waals surface area contributed by atoms with Crippen LogP contribution < -0.4 is 4.90 Å². The second-order valence-corrected chi connectivity index (χ2v) is 4.35. The van der Waals surface area contributed by atoms with Crippen molar-refractivity contribution in [3.8, 4) is 0 Å². The van der Waals surface area contributed by atoms with Crippen molar-refractivity contribution in [2.45, 2.75) is 0 Å². The lowest BCUT2D eigenvalue weighted by molar-refractivity contribution is 0.104. The van der Waals surface area contributed by atoms with Crippen LogP contribution in [0.5, 0.6) is 0 Å². The Morgan fingerprint density at radius 1 is 0.944 bits per heavy atom. The molecule has 2 aromatic rings. The first-order chi connectivity index (χ1) is 8.77. The molecule has 0 bridgehead atoms. The lowest BCUT2D eigenvalue weighted by Gasteiger charge is -2.13. The highest BCUT2D eigenvalue weighted by atomic mass is 16.1. The molecule has 0 amide bonds. The first kappa shape index (κ1) is 10.8. The zero-order valence-corrected chi connectivity index (χ0v) is 10.1. The van der Waals surface area contributed by atoms with E-state index in [-0.39, 0.29) is 5.78 Å². The Hall–Kier alpha value is -2.35. The number of carbonyl (C=O) groups is 1. The first-order valence-electron chi connectivity index (χ1n) is 5.91. The smallest absolute Gasteiger partial charge is 0.211 e. The van der Waals surface area contributed by atoms with Crippen LogP contribution in [0.4, 0.5) is 5.69 Å². The minimum atomic E-state index is 0.0944. The van der Waals surface area contributed by atoms with E-state index in [1.54, 1.807) is 0 Å². The summed E-state index contributed by atoms with van der Waals surface area (Å²) in [5.41, 5.74) is 3.52. The van der Waals surface area contributed by atoms with E-state index in [9.17, 15) is 4.79 Å². The van der Waals surface area contributed by atoms with Crippen LogP contribution in [0.1, 0.15) is 15.9 Å². The number of Topliss-reactive ketones (excluding diaryl/α,β-unsaturated/α-hetero) is 1. The SMILES string of the molecule is CN1C(=Cc2ccccc2)C(=O)c2ccccc21. The molecule has 2 heteroatoms. The molecular weight excluding hydrogens is 222 g/mol. The Balaban J connectivity index is 2.07. The lowest BCUT2D eigenvalue weighted by Crippen LogP contribution is -2.13. The van der Waals surface area contributed by atoms with Gasteiger partial charge in [-0.3, -0.25) is 4.79 Å². The highest BCUT2D eigenvalue weighted by Gasteiger charge is 2.28. The number of nitrogens with zero attached hydrogens (tertiary/aromatic N) is 1. The van der Waals surface area contributed by atoms with E-state index >= 15 is 0 Å². The molecule has 0 spiro atoms. The zero-order valence-electron chi connectivity index (χ0n) is 10.1. The van der Waals surface area contributed by atoms with E-state index in [2.05, 4.69) is 0 Å². The highest BCUT2D eigenvalue weighted by Crippen LogP contribution is 2.33. The molecule has 2 nitrogen and oxygen atoms in total. The van der Waals surface area contributed by atoms with Gasteiger partial charge < -0.3 is 4.90 Å². The number of ketones is 1. The Bertz CT molecular complexity index is 629. The van der Waals surface area contributed by atoms with Gasteiger partial charge in [-0.1, -0.05) is 42.5 Å². The largest absolute Gasteiger partial charge is 0.341 e. The average molecular weight is 235 g/mol. The molecular formula is C16H13NO. The summed E-state index contributed by atoms with van der Waals surface area (Å²) < 4.78 is 0. The van der Waals surface area contributed by atoms with Gasteiger partial charge >= 0.3 is 0 Å². The van der Waals surface area contributed by atoms with Crippen LogP contribution in [-0.2, 0) is 0 Å². The van der Waals surface area contributed by atoms with Crippen LogP contribution in [0.3, 0.4) is 0 Å². The van der Waals surface area contributed by atoms with Crippen molar-refractivity contribution >= 4 is 17.5 Å². The molecule has 0 saturated heterocycles. The van der Waals surface area contributed by atoms with Crippen LogP contribution in [-0.4, -0.2) is 12.8 Å². The summed E-state index contributed by atoms with van der Waals surface area (Å²) in [4.78, 5) is 14.3. The number of anilines is 1. The minimum Gasteiger partial charge on any atom is -0.341 e. The van der Waals surface area contributed by atoms with Crippen LogP contribution in [0.2, 0.25) is 0 Å². The van der Waals surface area contributed by atoms with E-state index in [0.29, 0.717) is 0 Å². The number of hydrogen-bond donors (Lipinski definition) is 0. The Labute approximate surface area is 106 Å². The molecule has 0 saturated carbocycles. The highest BCUT2D eigenvalue weighted by molar-refractivity contribution is 6.21. The molecule has 3 rings (SSSR count). The number of para-hydroxylation sites is 1. The summed E-state index contributed by atoms with van der Waals surface area (Å²) >= 11 is 0. The third kappa shape index (κ3) is 1.63. The third-order valence-electron chi connectivity index (χ3n) is 3.21. The maximum atomic E-state index is 12.3. The number of benzene rings is 2.